The van der Waals surface area contributed by atoms with Crippen molar-refractivity contribution in [1.29, 1.82) is 0 Å². The van der Waals surface area contributed by atoms with Crippen LogP contribution in [0.5, 0.6) is 0 Å². The molecule has 3 nitrogen and oxygen atoms in total. The number of hydrogen-bond donors (Lipinski definition) is 0. The van der Waals surface area contributed by atoms with Crippen LogP contribution in [-0.4, -0.2) is 18.7 Å². The van der Waals surface area contributed by atoms with Gasteiger partial charge < -0.3 is 4.74 Å². The van der Waals surface area contributed by atoms with E-state index in [0.717, 1.165) is 0 Å². The van der Waals surface area contributed by atoms with Gasteiger partial charge in [-0.05, 0) is 6.08 Å². The molecule has 18 heavy (non-hydrogen) atoms. The fraction of sp³-hybridized carbons (Fsp3) is 0.0667. The van der Waals surface area contributed by atoms with Crippen molar-refractivity contribution in [2.24, 2.45) is 0 Å². The van der Waals surface area contributed by atoms with Gasteiger partial charge in [0.15, 0.2) is 11.6 Å². The normalized spacial score (nSPS) is 17.3. The van der Waals surface area contributed by atoms with E-state index in [4.69, 9.17) is 4.74 Å². The zero-order valence-corrected chi connectivity index (χ0v) is 9.77. The summed E-state index contributed by atoms with van der Waals surface area (Å²) in [7, 11) is 1.51. The molecule has 0 radical (unpaired) electrons. The fourth-order valence-corrected chi connectivity index (χ4v) is 2.33. The maximum absolute atomic E-state index is 12.3. The maximum atomic E-state index is 12.3. The van der Waals surface area contributed by atoms with E-state index in [1.54, 1.807) is 30.4 Å². The molecule has 0 saturated carbocycles. The van der Waals surface area contributed by atoms with Crippen LogP contribution in [0.2, 0.25) is 0 Å². The van der Waals surface area contributed by atoms with Crippen molar-refractivity contribution in [2.45, 2.75) is 0 Å². The fourth-order valence-electron chi connectivity index (χ4n) is 2.33. The first-order valence-corrected chi connectivity index (χ1v) is 5.59. The molecular weight excluding hydrogens is 228 g/mol. The molecule has 88 valence electrons. The largest absolute Gasteiger partial charge is 0.495 e. The number of benzene rings is 1. The lowest BCUT2D eigenvalue weighted by molar-refractivity contribution is -0.111. The summed E-state index contributed by atoms with van der Waals surface area (Å²) >= 11 is 0. The highest BCUT2D eigenvalue weighted by molar-refractivity contribution is 6.28. The lowest BCUT2D eigenvalue weighted by Crippen LogP contribution is -2.22. The van der Waals surface area contributed by atoms with Crippen molar-refractivity contribution in [3.63, 3.8) is 0 Å². The minimum absolute atomic E-state index is 0.126. The Morgan fingerprint density at radius 2 is 1.78 bits per heavy atom. The van der Waals surface area contributed by atoms with Crippen LogP contribution in [-0.2, 0) is 9.53 Å². The molecule has 0 heterocycles. The van der Waals surface area contributed by atoms with Crippen LogP contribution in [0.1, 0.15) is 15.9 Å². The van der Waals surface area contributed by atoms with Crippen LogP contribution < -0.4 is 0 Å². The summed E-state index contributed by atoms with van der Waals surface area (Å²) in [5.74, 6) is 0.164. The molecule has 0 saturated heterocycles. The number of hydrogen-bond acceptors (Lipinski definition) is 3. The van der Waals surface area contributed by atoms with Crippen LogP contribution >= 0.6 is 0 Å². The Bertz CT molecular complexity index is 660. The second-order valence-corrected chi connectivity index (χ2v) is 4.09. The zero-order valence-electron chi connectivity index (χ0n) is 9.77. The molecule has 0 unspecified atom stereocenters. The first-order valence-electron chi connectivity index (χ1n) is 5.59. The Hall–Kier alpha value is -2.42. The molecule has 0 aromatic heterocycles. The standard InChI is InChI=1S/C15H10O3/c1-18-15-10-6-3-2-5-9(10)14(17)11-7-4-8-12(16)13(11)15/h2-8H,1H3. The topological polar surface area (TPSA) is 43.4 Å². The Morgan fingerprint density at radius 1 is 1.06 bits per heavy atom. The Labute approximate surface area is 104 Å². The minimum Gasteiger partial charge on any atom is -0.495 e. The van der Waals surface area contributed by atoms with Crippen molar-refractivity contribution in [1.82, 2.24) is 0 Å². The highest BCUT2D eigenvalue weighted by Crippen LogP contribution is 2.36. The number of ketones is 2. The van der Waals surface area contributed by atoms with Gasteiger partial charge in [0, 0.05) is 16.7 Å². The first kappa shape index (κ1) is 10.7. The third-order valence-corrected chi connectivity index (χ3v) is 3.12. The highest BCUT2D eigenvalue weighted by Gasteiger charge is 2.33. The molecule has 1 aromatic carbocycles. The Balaban J connectivity index is 2.38. The quantitative estimate of drug-likeness (QED) is 0.754. The smallest absolute Gasteiger partial charge is 0.194 e. The summed E-state index contributed by atoms with van der Waals surface area (Å²) in [6.45, 7) is 0. The van der Waals surface area contributed by atoms with E-state index in [2.05, 4.69) is 0 Å². The number of Topliss-reactive ketones (excluding diaryl/α,β-unsaturated/α-hetero) is 1. The molecule has 0 spiro atoms. The summed E-state index contributed by atoms with van der Waals surface area (Å²) in [6.07, 6.45) is 4.70. The number of ether oxygens (including phenoxy) is 1. The van der Waals surface area contributed by atoms with E-state index in [0.29, 0.717) is 28.0 Å². The van der Waals surface area contributed by atoms with Crippen molar-refractivity contribution in [3.05, 3.63) is 64.8 Å². The van der Waals surface area contributed by atoms with Gasteiger partial charge in [0.05, 0.1) is 12.7 Å². The van der Waals surface area contributed by atoms with E-state index in [1.165, 1.54) is 13.2 Å². The zero-order chi connectivity index (χ0) is 12.7. The van der Waals surface area contributed by atoms with Gasteiger partial charge in [0.1, 0.15) is 5.76 Å². The van der Waals surface area contributed by atoms with E-state index in [9.17, 15) is 9.59 Å². The minimum atomic E-state index is -0.188. The van der Waals surface area contributed by atoms with Crippen molar-refractivity contribution in [3.8, 4) is 0 Å². The molecule has 0 aliphatic heterocycles. The third-order valence-electron chi connectivity index (χ3n) is 3.12. The maximum Gasteiger partial charge on any atom is 0.194 e. The van der Waals surface area contributed by atoms with Crippen molar-refractivity contribution >= 4 is 17.3 Å². The third kappa shape index (κ3) is 1.31. The van der Waals surface area contributed by atoms with Crippen LogP contribution in [0.15, 0.2) is 53.6 Å². The number of allylic oxidation sites excluding steroid dienone is 5. The van der Waals surface area contributed by atoms with Crippen molar-refractivity contribution < 1.29 is 14.3 Å². The summed E-state index contributed by atoms with van der Waals surface area (Å²) in [5.41, 5.74) is 2.04. The Morgan fingerprint density at radius 3 is 2.50 bits per heavy atom. The summed E-state index contributed by atoms with van der Waals surface area (Å²) < 4.78 is 5.34. The molecule has 0 amide bonds. The average molecular weight is 238 g/mol. The monoisotopic (exact) mass is 238 g/mol. The second-order valence-electron chi connectivity index (χ2n) is 4.09. The molecule has 2 aliphatic carbocycles. The van der Waals surface area contributed by atoms with Gasteiger partial charge in [-0.1, -0.05) is 36.4 Å². The summed E-state index contributed by atoms with van der Waals surface area (Å²) in [4.78, 5) is 24.2. The van der Waals surface area contributed by atoms with E-state index in [1.807, 2.05) is 6.07 Å². The lowest BCUT2D eigenvalue weighted by Gasteiger charge is -2.23. The average Bonchev–Trinajstić information content (AvgIpc) is 2.41. The highest BCUT2D eigenvalue weighted by atomic mass is 16.5. The predicted molar refractivity (Wildman–Crippen MR) is 66.9 cm³/mol. The lowest BCUT2D eigenvalue weighted by atomic mass is 9.81. The summed E-state index contributed by atoms with van der Waals surface area (Å²) in [6, 6.07) is 7.16. The van der Waals surface area contributed by atoms with E-state index < -0.39 is 0 Å². The summed E-state index contributed by atoms with van der Waals surface area (Å²) in [5, 5.41) is 0. The van der Waals surface area contributed by atoms with Gasteiger partial charge in [0.2, 0.25) is 0 Å². The number of carbonyl (C=O) groups excluding carboxylic acids is 2. The molecular formula is C15H10O3. The predicted octanol–water partition coefficient (Wildman–Crippen LogP) is 2.31. The first-order chi connectivity index (χ1) is 8.74. The van der Waals surface area contributed by atoms with Gasteiger partial charge in [-0.15, -0.1) is 0 Å². The molecule has 3 heteroatoms. The van der Waals surface area contributed by atoms with Crippen LogP contribution in [0.4, 0.5) is 0 Å². The second kappa shape index (κ2) is 3.81. The molecule has 0 bridgehead atoms. The van der Waals surface area contributed by atoms with Gasteiger partial charge in [-0.3, -0.25) is 9.59 Å². The van der Waals surface area contributed by atoms with Crippen LogP contribution in [0, 0.1) is 0 Å². The molecule has 0 N–H and O–H groups in total. The van der Waals surface area contributed by atoms with Gasteiger partial charge >= 0.3 is 0 Å². The number of methoxy groups -OCH3 is 1. The van der Waals surface area contributed by atoms with Gasteiger partial charge in [-0.2, -0.15) is 0 Å². The molecule has 2 aliphatic rings. The molecule has 0 fully saturated rings. The van der Waals surface area contributed by atoms with Gasteiger partial charge in [-0.25, -0.2) is 0 Å². The van der Waals surface area contributed by atoms with Gasteiger partial charge in [0.25, 0.3) is 0 Å². The molecule has 3 rings (SSSR count). The van der Waals surface area contributed by atoms with E-state index >= 15 is 0 Å². The number of rotatable bonds is 1. The van der Waals surface area contributed by atoms with Crippen molar-refractivity contribution in [2.75, 3.05) is 7.11 Å². The number of carbonyl (C=O) groups is 2. The number of fused-ring (bicyclic) bond motifs is 2. The Kier molecular flexibility index (Phi) is 2.27. The van der Waals surface area contributed by atoms with Crippen LogP contribution in [0.3, 0.4) is 0 Å². The SMILES string of the molecule is COC1=C2C(=O)C=CC=C2C(=O)c2ccccc21. The van der Waals surface area contributed by atoms with Crippen LogP contribution in [0.25, 0.3) is 5.76 Å². The molecule has 1 aromatic rings. The van der Waals surface area contributed by atoms with E-state index in [-0.39, 0.29) is 11.6 Å². The molecule has 0 atom stereocenters.